The molecule has 0 aromatic carbocycles. The van der Waals surface area contributed by atoms with Crippen molar-refractivity contribution in [2.45, 2.75) is 25.8 Å². The molecule has 0 saturated carbocycles. The number of hydrogen-bond donors (Lipinski definition) is 3. The van der Waals surface area contributed by atoms with Crippen LogP contribution in [0.5, 0.6) is 0 Å². The van der Waals surface area contributed by atoms with Crippen molar-refractivity contribution in [3.63, 3.8) is 0 Å². The molecule has 1 aliphatic rings. The van der Waals surface area contributed by atoms with Crippen LogP contribution in [0.25, 0.3) is 0 Å². The van der Waals surface area contributed by atoms with Gasteiger partial charge in [-0.3, -0.25) is 4.90 Å². The van der Waals surface area contributed by atoms with Crippen LogP contribution in [0, 0.1) is 0 Å². The molecule has 1 rings (SSSR count). The standard InChI is InChI=1S/C9H21N5O3S/c1-2-3-8(9(10)12-15)13-4-6-14(7-5-13)18(11,16)17/h8,15H,2-7H2,1H3,(H2,10,12)(H2,11,16,17). The van der Waals surface area contributed by atoms with Crippen molar-refractivity contribution in [3.05, 3.63) is 0 Å². The highest BCUT2D eigenvalue weighted by Crippen LogP contribution is 2.12. The van der Waals surface area contributed by atoms with Gasteiger partial charge >= 0.3 is 0 Å². The summed E-state index contributed by atoms with van der Waals surface area (Å²) in [4.78, 5) is 2.01. The lowest BCUT2D eigenvalue weighted by Crippen LogP contribution is -2.56. The van der Waals surface area contributed by atoms with Gasteiger partial charge in [-0.2, -0.15) is 12.7 Å². The Balaban J connectivity index is 2.65. The molecule has 1 fully saturated rings. The fourth-order valence-corrected chi connectivity index (χ4v) is 2.80. The van der Waals surface area contributed by atoms with E-state index in [9.17, 15) is 8.42 Å². The van der Waals surface area contributed by atoms with Gasteiger partial charge in [-0.05, 0) is 6.42 Å². The third kappa shape index (κ3) is 3.80. The predicted molar refractivity (Wildman–Crippen MR) is 68.4 cm³/mol. The molecule has 106 valence electrons. The summed E-state index contributed by atoms with van der Waals surface area (Å²) in [6.07, 6.45) is 1.67. The quantitative estimate of drug-likeness (QED) is 0.250. The first-order chi connectivity index (χ1) is 8.40. The molecule has 0 aliphatic carbocycles. The SMILES string of the molecule is CCCC(C(N)=NO)N1CCN(S(N)(=O)=O)CC1. The van der Waals surface area contributed by atoms with Crippen LogP contribution in [0.1, 0.15) is 19.8 Å². The number of amidine groups is 1. The molecule has 1 atom stereocenters. The summed E-state index contributed by atoms with van der Waals surface area (Å²) < 4.78 is 23.6. The minimum Gasteiger partial charge on any atom is -0.409 e. The molecule has 5 N–H and O–H groups in total. The summed E-state index contributed by atoms with van der Waals surface area (Å²) in [7, 11) is -3.62. The number of oxime groups is 1. The molecule has 18 heavy (non-hydrogen) atoms. The Morgan fingerprint density at radius 1 is 1.39 bits per heavy atom. The van der Waals surface area contributed by atoms with Crippen molar-refractivity contribution >= 4 is 16.0 Å². The number of rotatable bonds is 5. The molecule has 0 aromatic rings. The summed E-state index contributed by atoms with van der Waals surface area (Å²) in [6.45, 7) is 3.72. The Kier molecular flexibility index (Phi) is 5.32. The van der Waals surface area contributed by atoms with E-state index < -0.39 is 10.2 Å². The number of piperazine rings is 1. The predicted octanol–water partition coefficient (Wildman–Crippen LogP) is -1.28. The molecule has 0 radical (unpaired) electrons. The van der Waals surface area contributed by atoms with E-state index in [1.807, 2.05) is 11.8 Å². The number of nitrogens with two attached hydrogens (primary N) is 2. The van der Waals surface area contributed by atoms with Gasteiger partial charge in [-0.15, -0.1) is 0 Å². The molecule has 9 heteroatoms. The van der Waals surface area contributed by atoms with Crippen LogP contribution in [0.15, 0.2) is 5.16 Å². The first-order valence-corrected chi connectivity index (χ1v) is 7.39. The normalized spacial score (nSPS) is 22.0. The Morgan fingerprint density at radius 2 is 1.94 bits per heavy atom. The van der Waals surface area contributed by atoms with Gasteiger partial charge < -0.3 is 10.9 Å². The van der Waals surface area contributed by atoms with Crippen LogP contribution in [-0.2, 0) is 10.2 Å². The van der Waals surface area contributed by atoms with Gasteiger partial charge in [0.15, 0.2) is 5.84 Å². The number of hydrogen-bond acceptors (Lipinski definition) is 5. The van der Waals surface area contributed by atoms with E-state index in [1.54, 1.807) is 0 Å². The van der Waals surface area contributed by atoms with Gasteiger partial charge in [0.05, 0.1) is 6.04 Å². The van der Waals surface area contributed by atoms with Gasteiger partial charge in [0.1, 0.15) is 0 Å². The van der Waals surface area contributed by atoms with E-state index in [0.29, 0.717) is 26.2 Å². The lowest BCUT2D eigenvalue weighted by atomic mass is 10.1. The van der Waals surface area contributed by atoms with Crippen molar-refractivity contribution in [2.24, 2.45) is 16.0 Å². The highest BCUT2D eigenvalue weighted by atomic mass is 32.2. The first kappa shape index (κ1) is 15.2. The van der Waals surface area contributed by atoms with Crippen LogP contribution >= 0.6 is 0 Å². The van der Waals surface area contributed by atoms with Crippen molar-refractivity contribution in [3.8, 4) is 0 Å². The summed E-state index contributed by atoms with van der Waals surface area (Å²) in [5.41, 5.74) is 5.66. The number of nitrogens with zero attached hydrogens (tertiary/aromatic N) is 3. The molecule has 1 unspecified atom stereocenters. The fraction of sp³-hybridized carbons (Fsp3) is 0.889. The molecule has 1 saturated heterocycles. The van der Waals surface area contributed by atoms with Crippen LogP contribution in [-0.4, -0.2) is 60.9 Å². The monoisotopic (exact) mass is 279 g/mol. The summed E-state index contributed by atoms with van der Waals surface area (Å²) in [5, 5.41) is 16.9. The molecular weight excluding hydrogens is 258 g/mol. The van der Waals surface area contributed by atoms with Crippen molar-refractivity contribution in [2.75, 3.05) is 26.2 Å². The maximum atomic E-state index is 11.2. The fourth-order valence-electron chi connectivity index (χ4n) is 2.13. The molecule has 0 spiro atoms. The Hall–Kier alpha value is -0.900. The van der Waals surface area contributed by atoms with Crippen molar-refractivity contribution in [1.29, 1.82) is 0 Å². The lowest BCUT2D eigenvalue weighted by molar-refractivity contribution is 0.158. The summed E-state index contributed by atoms with van der Waals surface area (Å²) in [6, 6.07) is -0.150. The molecule has 0 bridgehead atoms. The van der Waals surface area contributed by atoms with Crippen LogP contribution in [0.2, 0.25) is 0 Å². The topological polar surface area (TPSA) is 125 Å². The van der Waals surface area contributed by atoms with E-state index in [2.05, 4.69) is 5.16 Å². The van der Waals surface area contributed by atoms with Crippen LogP contribution < -0.4 is 10.9 Å². The molecule has 0 aromatic heterocycles. The largest absolute Gasteiger partial charge is 0.409 e. The van der Waals surface area contributed by atoms with Gasteiger partial charge in [-0.1, -0.05) is 18.5 Å². The van der Waals surface area contributed by atoms with E-state index in [4.69, 9.17) is 16.1 Å². The smallest absolute Gasteiger partial charge is 0.276 e. The average molecular weight is 279 g/mol. The zero-order valence-corrected chi connectivity index (χ0v) is 11.3. The highest BCUT2D eigenvalue weighted by molar-refractivity contribution is 7.86. The maximum absolute atomic E-state index is 11.2. The average Bonchev–Trinajstić information content (AvgIpc) is 2.34. The third-order valence-corrected chi connectivity index (χ3v) is 4.18. The second-order valence-electron chi connectivity index (χ2n) is 4.31. The Bertz CT molecular complexity index is 389. The van der Waals surface area contributed by atoms with E-state index in [1.165, 1.54) is 4.31 Å². The molecule has 1 heterocycles. The minimum atomic E-state index is -3.62. The zero-order chi connectivity index (χ0) is 13.8. The van der Waals surface area contributed by atoms with Crippen molar-refractivity contribution < 1.29 is 13.6 Å². The van der Waals surface area contributed by atoms with Gasteiger partial charge in [-0.25, -0.2) is 5.14 Å². The van der Waals surface area contributed by atoms with Gasteiger partial charge in [0.25, 0.3) is 10.2 Å². The Morgan fingerprint density at radius 3 is 2.33 bits per heavy atom. The minimum absolute atomic E-state index is 0.150. The zero-order valence-electron chi connectivity index (χ0n) is 10.5. The first-order valence-electron chi connectivity index (χ1n) is 5.89. The van der Waals surface area contributed by atoms with Crippen LogP contribution in [0.3, 0.4) is 0 Å². The van der Waals surface area contributed by atoms with Crippen LogP contribution in [0.4, 0.5) is 0 Å². The van der Waals surface area contributed by atoms with Gasteiger partial charge in [0, 0.05) is 26.2 Å². The Labute approximate surface area is 107 Å². The van der Waals surface area contributed by atoms with Gasteiger partial charge in [0.2, 0.25) is 0 Å². The molecule has 0 amide bonds. The highest BCUT2D eigenvalue weighted by Gasteiger charge is 2.29. The summed E-state index contributed by atoms with van der Waals surface area (Å²) >= 11 is 0. The van der Waals surface area contributed by atoms with E-state index in [-0.39, 0.29) is 11.9 Å². The summed E-state index contributed by atoms with van der Waals surface area (Å²) in [5.74, 6) is 0.168. The molecular formula is C9H21N5O3S. The van der Waals surface area contributed by atoms with E-state index in [0.717, 1.165) is 12.8 Å². The molecule has 8 nitrogen and oxygen atoms in total. The van der Waals surface area contributed by atoms with E-state index >= 15 is 0 Å². The molecule has 1 aliphatic heterocycles. The maximum Gasteiger partial charge on any atom is 0.276 e. The third-order valence-electron chi connectivity index (χ3n) is 3.09. The van der Waals surface area contributed by atoms with Crippen molar-refractivity contribution in [1.82, 2.24) is 9.21 Å². The second-order valence-corrected chi connectivity index (χ2v) is 5.86. The lowest BCUT2D eigenvalue weighted by Gasteiger charge is -2.37. The second kappa shape index (κ2) is 6.32.